The molecule has 24 heavy (non-hydrogen) atoms. The number of carbonyl (C=O) groups is 1. The largest absolute Gasteiger partial charge is 0.478 e. The molecule has 3 heteroatoms. The molecule has 0 atom stereocenters. The molecule has 0 saturated carbocycles. The zero-order chi connectivity index (χ0) is 16.8. The molecule has 0 bridgehead atoms. The molecule has 0 aliphatic rings. The molecular weight excluding hydrogens is 300 g/mol. The summed E-state index contributed by atoms with van der Waals surface area (Å²) in [7, 11) is 0. The number of para-hydroxylation sites is 1. The van der Waals surface area contributed by atoms with E-state index < -0.39 is 5.97 Å². The van der Waals surface area contributed by atoms with Crippen LogP contribution in [0.25, 0.3) is 17.2 Å². The van der Waals surface area contributed by atoms with E-state index in [1.807, 2.05) is 78.9 Å². The second kappa shape index (κ2) is 7.29. The second-order valence-corrected chi connectivity index (χ2v) is 5.21. The zero-order valence-electron chi connectivity index (χ0n) is 12.9. The van der Waals surface area contributed by atoms with Crippen molar-refractivity contribution in [3.8, 4) is 22.6 Å². The normalized spacial score (nSPS) is 10.7. The monoisotopic (exact) mass is 316 g/mol. The maximum Gasteiger partial charge on any atom is 0.328 e. The highest BCUT2D eigenvalue weighted by Crippen LogP contribution is 2.31. The van der Waals surface area contributed by atoms with Crippen molar-refractivity contribution in [1.29, 1.82) is 0 Å². The highest BCUT2D eigenvalue weighted by atomic mass is 16.5. The Morgan fingerprint density at radius 3 is 2.17 bits per heavy atom. The number of carboxylic acid groups (broad SMARTS) is 1. The van der Waals surface area contributed by atoms with Crippen LogP contribution in [0, 0.1) is 0 Å². The summed E-state index contributed by atoms with van der Waals surface area (Å²) in [5.74, 6) is 0.320. The number of aliphatic carboxylic acids is 1. The van der Waals surface area contributed by atoms with E-state index in [0.717, 1.165) is 17.2 Å². The molecule has 0 spiro atoms. The highest BCUT2D eigenvalue weighted by Gasteiger charge is 2.07. The van der Waals surface area contributed by atoms with Gasteiger partial charge in [0.2, 0.25) is 0 Å². The minimum absolute atomic E-state index is 0.611. The molecular formula is C21H16O3. The maximum absolute atomic E-state index is 10.8. The molecule has 0 aliphatic carbocycles. The molecule has 0 saturated heterocycles. The standard InChI is InChI=1S/C21H16O3/c22-21(23)14-13-17-11-12-18(16-7-3-1-4-8-16)15-20(17)24-19-9-5-2-6-10-19/h1-15H,(H,22,23)/b14-13+. The Labute approximate surface area is 140 Å². The highest BCUT2D eigenvalue weighted by molar-refractivity contribution is 5.86. The van der Waals surface area contributed by atoms with Gasteiger partial charge in [-0.25, -0.2) is 4.79 Å². The van der Waals surface area contributed by atoms with Crippen molar-refractivity contribution in [2.45, 2.75) is 0 Å². The Morgan fingerprint density at radius 2 is 1.50 bits per heavy atom. The van der Waals surface area contributed by atoms with Gasteiger partial charge in [-0.3, -0.25) is 0 Å². The number of carboxylic acids is 1. The number of hydrogen-bond acceptors (Lipinski definition) is 2. The topological polar surface area (TPSA) is 46.5 Å². The van der Waals surface area contributed by atoms with Crippen molar-refractivity contribution in [1.82, 2.24) is 0 Å². The third-order valence-corrected chi connectivity index (χ3v) is 3.50. The number of benzene rings is 3. The molecule has 0 amide bonds. The molecule has 0 radical (unpaired) electrons. The number of ether oxygens (including phenoxy) is 1. The van der Waals surface area contributed by atoms with E-state index in [4.69, 9.17) is 9.84 Å². The van der Waals surface area contributed by atoms with Crippen molar-refractivity contribution in [3.05, 3.63) is 90.5 Å². The smallest absolute Gasteiger partial charge is 0.328 e. The van der Waals surface area contributed by atoms with Gasteiger partial charge in [-0.05, 0) is 35.4 Å². The third-order valence-electron chi connectivity index (χ3n) is 3.50. The van der Waals surface area contributed by atoms with Crippen molar-refractivity contribution in [2.24, 2.45) is 0 Å². The quantitative estimate of drug-likeness (QED) is 0.654. The van der Waals surface area contributed by atoms with Gasteiger partial charge in [-0.2, -0.15) is 0 Å². The first-order valence-electron chi connectivity index (χ1n) is 7.56. The first-order valence-corrected chi connectivity index (χ1v) is 7.56. The van der Waals surface area contributed by atoms with Crippen molar-refractivity contribution < 1.29 is 14.6 Å². The van der Waals surface area contributed by atoms with Crippen LogP contribution in [0.1, 0.15) is 5.56 Å². The van der Waals surface area contributed by atoms with Gasteiger partial charge in [0.05, 0.1) is 0 Å². The van der Waals surface area contributed by atoms with Gasteiger partial charge >= 0.3 is 5.97 Å². The summed E-state index contributed by atoms with van der Waals surface area (Å²) < 4.78 is 5.96. The molecule has 0 aromatic heterocycles. The predicted octanol–water partition coefficient (Wildman–Crippen LogP) is 5.24. The van der Waals surface area contributed by atoms with Gasteiger partial charge in [0.1, 0.15) is 11.5 Å². The first kappa shape index (κ1) is 15.6. The molecule has 3 rings (SSSR count). The van der Waals surface area contributed by atoms with Crippen LogP contribution in [-0.2, 0) is 4.79 Å². The molecule has 3 aromatic rings. The SMILES string of the molecule is O=C(O)/C=C/c1ccc(-c2ccccc2)cc1Oc1ccccc1. The third kappa shape index (κ3) is 3.90. The summed E-state index contributed by atoms with van der Waals surface area (Å²) in [6.45, 7) is 0. The Hall–Kier alpha value is -3.33. The summed E-state index contributed by atoms with van der Waals surface area (Å²) >= 11 is 0. The Bertz CT molecular complexity index is 853. The van der Waals surface area contributed by atoms with E-state index in [9.17, 15) is 4.79 Å². The summed E-state index contributed by atoms with van der Waals surface area (Å²) in [5, 5.41) is 8.86. The lowest BCUT2D eigenvalue weighted by Gasteiger charge is -2.11. The lowest BCUT2D eigenvalue weighted by molar-refractivity contribution is -0.131. The predicted molar refractivity (Wildman–Crippen MR) is 95.1 cm³/mol. The van der Waals surface area contributed by atoms with Crippen LogP contribution in [-0.4, -0.2) is 11.1 Å². The van der Waals surface area contributed by atoms with Gasteiger partial charge < -0.3 is 9.84 Å². The Morgan fingerprint density at radius 1 is 0.833 bits per heavy atom. The van der Waals surface area contributed by atoms with Crippen LogP contribution >= 0.6 is 0 Å². The van der Waals surface area contributed by atoms with Crippen LogP contribution in [0.3, 0.4) is 0 Å². The molecule has 0 unspecified atom stereocenters. The lowest BCUT2D eigenvalue weighted by atomic mass is 10.0. The van der Waals surface area contributed by atoms with Gasteiger partial charge in [0.25, 0.3) is 0 Å². The van der Waals surface area contributed by atoms with Crippen LogP contribution < -0.4 is 4.74 Å². The summed E-state index contributed by atoms with van der Waals surface area (Å²) in [4.78, 5) is 10.8. The minimum atomic E-state index is -0.993. The second-order valence-electron chi connectivity index (χ2n) is 5.21. The van der Waals surface area contributed by atoms with Gasteiger partial charge in [-0.15, -0.1) is 0 Å². The summed E-state index contributed by atoms with van der Waals surface area (Å²) in [6, 6.07) is 25.1. The van der Waals surface area contributed by atoms with Crippen LogP contribution in [0.4, 0.5) is 0 Å². The molecule has 0 heterocycles. The average Bonchev–Trinajstić information content (AvgIpc) is 2.62. The van der Waals surface area contributed by atoms with Crippen LogP contribution in [0.5, 0.6) is 11.5 Å². The molecule has 0 fully saturated rings. The fourth-order valence-corrected chi connectivity index (χ4v) is 2.35. The maximum atomic E-state index is 10.8. The van der Waals surface area contributed by atoms with E-state index >= 15 is 0 Å². The van der Waals surface area contributed by atoms with Crippen molar-refractivity contribution >= 4 is 12.0 Å². The van der Waals surface area contributed by atoms with E-state index in [0.29, 0.717) is 17.1 Å². The van der Waals surface area contributed by atoms with Crippen LogP contribution in [0.15, 0.2) is 84.9 Å². The summed E-state index contributed by atoms with van der Waals surface area (Å²) in [5.41, 5.74) is 2.79. The first-order chi connectivity index (χ1) is 11.7. The molecule has 0 aliphatic heterocycles. The number of hydrogen-bond donors (Lipinski definition) is 1. The molecule has 3 nitrogen and oxygen atoms in total. The summed E-state index contributed by atoms with van der Waals surface area (Å²) in [6.07, 6.45) is 2.64. The van der Waals surface area contributed by atoms with Crippen molar-refractivity contribution in [3.63, 3.8) is 0 Å². The fraction of sp³-hybridized carbons (Fsp3) is 0. The molecule has 3 aromatic carbocycles. The fourth-order valence-electron chi connectivity index (χ4n) is 2.35. The molecule has 1 N–H and O–H groups in total. The Kier molecular flexibility index (Phi) is 4.73. The van der Waals surface area contributed by atoms with E-state index in [2.05, 4.69) is 0 Å². The van der Waals surface area contributed by atoms with E-state index in [-0.39, 0.29) is 0 Å². The van der Waals surface area contributed by atoms with E-state index in [1.165, 1.54) is 6.08 Å². The zero-order valence-corrected chi connectivity index (χ0v) is 12.9. The lowest BCUT2D eigenvalue weighted by Crippen LogP contribution is -1.91. The number of rotatable bonds is 5. The van der Waals surface area contributed by atoms with Crippen molar-refractivity contribution in [2.75, 3.05) is 0 Å². The van der Waals surface area contributed by atoms with E-state index in [1.54, 1.807) is 0 Å². The van der Waals surface area contributed by atoms with Gasteiger partial charge in [0.15, 0.2) is 0 Å². The minimum Gasteiger partial charge on any atom is -0.478 e. The Balaban J connectivity index is 2.01. The van der Waals surface area contributed by atoms with Gasteiger partial charge in [-0.1, -0.05) is 60.7 Å². The molecule has 118 valence electrons. The van der Waals surface area contributed by atoms with Crippen LogP contribution in [0.2, 0.25) is 0 Å². The van der Waals surface area contributed by atoms with Gasteiger partial charge in [0, 0.05) is 11.6 Å². The average molecular weight is 316 g/mol.